The number of nitrogens with one attached hydrogen (secondary N) is 1. The maximum atomic E-state index is 13.2. The molecule has 7 heteroatoms. The summed E-state index contributed by atoms with van der Waals surface area (Å²) in [4.78, 5) is 34.1. The van der Waals surface area contributed by atoms with Crippen LogP contribution in [0.2, 0.25) is 0 Å². The quantitative estimate of drug-likeness (QED) is 0.594. The first-order chi connectivity index (χ1) is 16.0. The second kappa shape index (κ2) is 9.98. The normalized spacial score (nSPS) is 15.6. The third-order valence-corrected chi connectivity index (χ3v) is 6.34. The zero-order valence-electron chi connectivity index (χ0n) is 19.1. The van der Waals surface area contributed by atoms with Crippen LogP contribution in [0.15, 0.2) is 54.6 Å². The molecule has 4 rings (SSSR count). The van der Waals surface area contributed by atoms with Crippen LogP contribution in [0.5, 0.6) is 0 Å². The highest BCUT2D eigenvalue weighted by Gasteiger charge is 2.29. The molecule has 33 heavy (non-hydrogen) atoms. The SMILES string of the molecule is CCN(CCC(=O)N1CC[C@@H](c2cc(C(=O)NC)c3ccccc3n2)C1)c1ccc(F)cc1. The van der Waals surface area contributed by atoms with Gasteiger partial charge in [0.1, 0.15) is 5.82 Å². The van der Waals surface area contributed by atoms with Crippen LogP contribution >= 0.6 is 0 Å². The van der Waals surface area contributed by atoms with E-state index in [1.807, 2.05) is 42.2 Å². The number of para-hydroxylation sites is 1. The summed E-state index contributed by atoms with van der Waals surface area (Å²) in [5.74, 6) is -0.205. The van der Waals surface area contributed by atoms with Gasteiger partial charge in [-0.05, 0) is 49.7 Å². The molecule has 1 N–H and O–H groups in total. The number of nitrogens with zero attached hydrogens (tertiary/aromatic N) is 3. The fraction of sp³-hybridized carbons (Fsp3) is 0.346. The van der Waals surface area contributed by atoms with Crippen LogP contribution in [0.3, 0.4) is 0 Å². The molecule has 0 unspecified atom stereocenters. The molecule has 2 amide bonds. The highest BCUT2D eigenvalue weighted by molar-refractivity contribution is 6.06. The lowest BCUT2D eigenvalue weighted by molar-refractivity contribution is -0.129. The summed E-state index contributed by atoms with van der Waals surface area (Å²) >= 11 is 0. The van der Waals surface area contributed by atoms with Gasteiger partial charge in [0.2, 0.25) is 5.91 Å². The van der Waals surface area contributed by atoms with Gasteiger partial charge < -0.3 is 15.1 Å². The third kappa shape index (κ3) is 4.97. The number of carbonyl (C=O) groups is 2. The largest absolute Gasteiger partial charge is 0.371 e. The van der Waals surface area contributed by atoms with E-state index < -0.39 is 0 Å². The van der Waals surface area contributed by atoms with Crippen molar-refractivity contribution < 1.29 is 14.0 Å². The first-order valence-corrected chi connectivity index (χ1v) is 11.4. The average Bonchev–Trinajstić information content (AvgIpc) is 3.34. The van der Waals surface area contributed by atoms with Gasteiger partial charge in [-0.1, -0.05) is 18.2 Å². The fourth-order valence-electron chi connectivity index (χ4n) is 4.47. The molecule has 172 valence electrons. The number of carbonyl (C=O) groups excluding carboxylic acids is 2. The highest BCUT2D eigenvalue weighted by Crippen LogP contribution is 2.30. The first-order valence-electron chi connectivity index (χ1n) is 11.4. The summed E-state index contributed by atoms with van der Waals surface area (Å²) in [6.45, 7) is 4.62. The Morgan fingerprint density at radius 3 is 2.67 bits per heavy atom. The van der Waals surface area contributed by atoms with Crippen LogP contribution < -0.4 is 10.2 Å². The molecule has 0 aliphatic carbocycles. The molecule has 0 bridgehead atoms. The van der Waals surface area contributed by atoms with Gasteiger partial charge in [0, 0.05) is 62.3 Å². The Balaban J connectivity index is 1.43. The van der Waals surface area contributed by atoms with E-state index in [0.29, 0.717) is 31.6 Å². The van der Waals surface area contributed by atoms with Crippen molar-refractivity contribution in [3.05, 3.63) is 71.7 Å². The van der Waals surface area contributed by atoms with E-state index in [4.69, 9.17) is 4.98 Å². The Morgan fingerprint density at radius 1 is 1.18 bits per heavy atom. The van der Waals surface area contributed by atoms with Crippen molar-refractivity contribution in [1.29, 1.82) is 0 Å². The summed E-state index contributed by atoms with van der Waals surface area (Å²) in [5, 5.41) is 3.54. The Bertz CT molecular complexity index is 1150. The number of anilines is 1. The van der Waals surface area contributed by atoms with Crippen molar-refractivity contribution in [2.24, 2.45) is 0 Å². The molecule has 2 aromatic carbocycles. The van der Waals surface area contributed by atoms with Gasteiger partial charge in [0.15, 0.2) is 0 Å². The van der Waals surface area contributed by atoms with Crippen LogP contribution in [0.25, 0.3) is 10.9 Å². The molecule has 0 spiro atoms. The molecule has 1 aliphatic rings. The smallest absolute Gasteiger partial charge is 0.251 e. The van der Waals surface area contributed by atoms with Crippen molar-refractivity contribution in [2.75, 3.05) is 38.1 Å². The Labute approximate surface area is 193 Å². The number of likely N-dealkylation sites (tertiary alicyclic amines) is 1. The van der Waals surface area contributed by atoms with E-state index >= 15 is 0 Å². The minimum absolute atomic E-state index is 0.0985. The van der Waals surface area contributed by atoms with Gasteiger partial charge in [-0.3, -0.25) is 14.6 Å². The van der Waals surface area contributed by atoms with Gasteiger partial charge in [-0.15, -0.1) is 0 Å². The second-order valence-electron chi connectivity index (χ2n) is 8.32. The summed E-state index contributed by atoms with van der Waals surface area (Å²) < 4.78 is 13.2. The summed E-state index contributed by atoms with van der Waals surface area (Å²) in [6, 6.07) is 15.9. The molecule has 3 aromatic rings. The number of aromatic nitrogens is 1. The van der Waals surface area contributed by atoms with Gasteiger partial charge in [0.05, 0.1) is 11.1 Å². The number of amides is 2. The summed E-state index contributed by atoms with van der Waals surface area (Å²) in [7, 11) is 1.62. The van der Waals surface area contributed by atoms with Crippen molar-refractivity contribution in [1.82, 2.24) is 15.2 Å². The van der Waals surface area contributed by atoms with Crippen molar-refractivity contribution in [3.63, 3.8) is 0 Å². The monoisotopic (exact) mass is 448 g/mol. The van der Waals surface area contributed by atoms with Crippen LogP contribution in [0.4, 0.5) is 10.1 Å². The molecular weight excluding hydrogens is 419 g/mol. The molecule has 2 heterocycles. The number of pyridine rings is 1. The van der Waals surface area contributed by atoms with Crippen LogP contribution in [-0.2, 0) is 4.79 Å². The van der Waals surface area contributed by atoms with Gasteiger partial charge in [-0.25, -0.2) is 4.39 Å². The summed E-state index contributed by atoms with van der Waals surface area (Å²) in [5.41, 5.74) is 3.16. The van der Waals surface area contributed by atoms with Crippen molar-refractivity contribution >= 4 is 28.4 Å². The van der Waals surface area contributed by atoms with E-state index in [-0.39, 0.29) is 23.5 Å². The van der Waals surface area contributed by atoms with Crippen LogP contribution in [0.1, 0.15) is 41.7 Å². The maximum absolute atomic E-state index is 13.2. The predicted molar refractivity (Wildman–Crippen MR) is 128 cm³/mol. The van der Waals surface area contributed by atoms with Crippen LogP contribution in [-0.4, -0.2) is 54.9 Å². The number of hydrogen-bond acceptors (Lipinski definition) is 4. The second-order valence-corrected chi connectivity index (χ2v) is 8.32. The molecule has 6 nitrogen and oxygen atoms in total. The number of fused-ring (bicyclic) bond motifs is 1. The molecular formula is C26H29FN4O2. The number of rotatable bonds is 7. The van der Waals surface area contributed by atoms with E-state index in [1.54, 1.807) is 19.2 Å². The zero-order chi connectivity index (χ0) is 23.4. The lowest BCUT2D eigenvalue weighted by Gasteiger charge is -2.24. The number of hydrogen-bond donors (Lipinski definition) is 1. The first kappa shape index (κ1) is 22.7. The molecule has 1 saturated heterocycles. The van der Waals surface area contributed by atoms with Gasteiger partial charge >= 0.3 is 0 Å². The van der Waals surface area contributed by atoms with Gasteiger partial charge in [-0.2, -0.15) is 0 Å². The Morgan fingerprint density at radius 2 is 1.94 bits per heavy atom. The average molecular weight is 449 g/mol. The number of halogens is 1. The molecule has 1 fully saturated rings. The van der Waals surface area contributed by atoms with Crippen LogP contribution in [0, 0.1) is 5.82 Å². The van der Waals surface area contributed by atoms with E-state index in [2.05, 4.69) is 10.2 Å². The third-order valence-electron chi connectivity index (χ3n) is 6.34. The van der Waals surface area contributed by atoms with E-state index in [0.717, 1.165) is 35.2 Å². The highest BCUT2D eigenvalue weighted by atomic mass is 19.1. The fourth-order valence-corrected chi connectivity index (χ4v) is 4.47. The lowest BCUT2D eigenvalue weighted by Crippen LogP contribution is -2.33. The van der Waals surface area contributed by atoms with Crippen molar-refractivity contribution in [2.45, 2.75) is 25.7 Å². The van der Waals surface area contributed by atoms with E-state index in [9.17, 15) is 14.0 Å². The van der Waals surface area contributed by atoms with Gasteiger partial charge in [0.25, 0.3) is 5.91 Å². The van der Waals surface area contributed by atoms with E-state index in [1.165, 1.54) is 12.1 Å². The standard InChI is InChI=1S/C26H29FN4O2/c1-3-30(20-10-8-19(27)9-11-20)15-13-25(32)31-14-12-18(17-31)24-16-22(26(33)28-2)21-6-4-5-7-23(21)29-24/h4-11,16,18H,3,12-15,17H2,1-2H3,(H,28,33)/t18-/m1/s1. The molecule has 1 aromatic heterocycles. The topological polar surface area (TPSA) is 65.5 Å². The Hall–Kier alpha value is -3.48. The molecule has 1 aliphatic heterocycles. The zero-order valence-corrected chi connectivity index (χ0v) is 19.1. The molecule has 1 atom stereocenters. The molecule has 0 saturated carbocycles. The Kier molecular flexibility index (Phi) is 6.87. The molecule has 0 radical (unpaired) electrons. The lowest BCUT2D eigenvalue weighted by atomic mass is 9.99. The van der Waals surface area contributed by atoms with Crippen molar-refractivity contribution in [3.8, 4) is 0 Å². The minimum Gasteiger partial charge on any atom is -0.371 e. The summed E-state index contributed by atoms with van der Waals surface area (Å²) in [6.07, 6.45) is 1.21. The minimum atomic E-state index is -0.268. The number of benzene rings is 2. The predicted octanol–water partition coefficient (Wildman–Crippen LogP) is 3.97. The maximum Gasteiger partial charge on any atom is 0.251 e.